The van der Waals surface area contributed by atoms with Crippen LogP contribution in [0.1, 0.15) is 37.9 Å². The van der Waals surface area contributed by atoms with Crippen molar-refractivity contribution in [1.82, 2.24) is 25.3 Å². The van der Waals surface area contributed by atoms with Gasteiger partial charge in [0, 0.05) is 6.42 Å². The number of nitrogens with zero attached hydrogens (tertiary/aromatic N) is 3. The van der Waals surface area contributed by atoms with Crippen LogP contribution in [-0.2, 0) is 6.42 Å². The number of H-pyrrole nitrogens is 1. The number of rotatable bonds is 5. The third kappa shape index (κ3) is 3.07. The molecule has 1 saturated heterocycles. The van der Waals surface area contributed by atoms with Gasteiger partial charge in [0.25, 0.3) is 0 Å². The van der Waals surface area contributed by atoms with Crippen LogP contribution in [0.25, 0.3) is 11.2 Å². The van der Waals surface area contributed by atoms with E-state index >= 15 is 0 Å². The Hall–Kier alpha value is -1.69. The molecule has 0 bridgehead atoms. The predicted molar refractivity (Wildman–Crippen MR) is 79.2 cm³/mol. The van der Waals surface area contributed by atoms with Gasteiger partial charge in [0.1, 0.15) is 11.3 Å². The van der Waals surface area contributed by atoms with Gasteiger partial charge in [0.15, 0.2) is 11.5 Å². The first-order chi connectivity index (χ1) is 9.83. The van der Waals surface area contributed by atoms with Gasteiger partial charge >= 0.3 is 0 Å². The van der Waals surface area contributed by atoms with Gasteiger partial charge in [-0.2, -0.15) is 0 Å². The molecule has 0 aliphatic carbocycles. The summed E-state index contributed by atoms with van der Waals surface area (Å²) in [5, 5.41) is 3.47. The number of aromatic nitrogens is 4. The number of aromatic amines is 1. The zero-order valence-corrected chi connectivity index (χ0v) is 11.7. The van der Waals surface area contributed by atoms with Crippen LogP contribution < -0.4 is 11.1 Å². The maximum absolute atomic E-state index is 5.89. The number of nitrogen functional groups attached to an aromatic ring is 1. The number of aryl methyl sites for hydroxylation is 1. The van der Waals surface area contributed by atoms with Gasteiger partial charge < -0.3 is 16.0 Å². The molecule has 1 aliphatic heterocycles. The minimum atomic E-state index is 0.499. The van der Waals surface area contributed by atoms with Crippen LogP contribution in [0.15, 0.2) is 6.33 Å². The van der Waals surface area contributed by atoms with Gasteiger partial charge in [-0.05, 0) is 44.7 Å². The van der Waals surface area contributed by atoms with Gasteiger partial charge in [-0.1, -0.05) is 6.42 Å². The molecule has 6 heteroatoms. The molecule has 20 heavy (non-hydrogen) atoms. The summed E-state index contributed by atoms with van der Waals surface area (Å²) >= 11 is 0. The van der Waals surface area contributed by atoms with Gasteiger partial charge in [-0.3, -0.25) is 0 Å². The van der Waals surface area contributed by atoms with Crippen molar-refractivity contribution in [2.75, 3.05) is 18.8 Å². The fraction of sp³-hybridized carbons (Fsp3) is 0.643. The summed E-state index contributed by atoms with van der Waals surface area (Å²) in [5.74, 6) is 2.16. The maximum Gasteiger partial charge on any atom is 0.183 e. The van der Waals surface area contributed by atoms with Crippen molar-refractivity contribution < 1.29 is 0 Å². The second-order valence-corrected chi connectivity index (χ2v) is 5.58. The van der Waals surface area contributed by atoms with Gasteiger partial charge in [-0.15, -0.1) is 0 Å². The lowest BCUT2D eigenvalue weighted by Gasteiger charge is -2.22. The van der Waals surface area contributed by atoms with Crippen molar-refractivity contribution >= 4 is 17.0 Å². The van der Waals surface area contributed by atoms with Crippen LogP contribution in [0.4, 0.5) is 5.82 Å². The van der Waals surface area contributed by atoms with E-state index in [-0.39, 0.29) is 0 Å². The number of imidazole rings is 1. The Kier molecular flexibility index (Phi) is 4.11. The number of anilines is 1. The number of hydrogen-bond donors (Lipinski definition) is 3. The highest BCUT2D eigenvalue weighted by Gasteiger charge is 2.12. The van der Waals surface area contributed by atoms with Crippen molar-refractivity contribution in [2.24, 2.45) is 5.92 Å². The van der Waals surface area contributed by atoms with Crippen molar-refractivity contribution in [3.63, 3.8) is 0 Å². The molecular formula is C14H22N6. The van der Waals surface area contributed by atoms with Gasteiger partial charge in [0.2, 0.25) is 0 Å². The Balaban J connectivity index is 1.49. The minimum absolute atomic E-state index is 0.499. The number of unbranched alkanes of at least 4 members (excludes halogenated alkanes) is 1. The lowest BCUT2D eigenvalue weighted by Crippen LogP contribution is -2.29. The summed E-state index contributed by atoms with van der Waals surface area (Å²) in [6.45, 7) is 2.37. The third-order valence-electron chi connectivity index (χ3n) is 4.02. The largest absolute Gasteiger partial charge is 0.382 e. The van der Waals surface area contributed by atoms with Crippen molar-refractivity contribution in [3.8, 4) is 0 Å². The molecule has 3 rings (SSSR count). The molecule has 1 aliphatic rings. The quantitative estimate of drug-likeness (QED) is 0.721. The second kappa shape index (κ2) is 6.17. The van der Waals surface area contributed by atoms with E-state index in [0.29, 0.717) is 11.5 Å². The van der Waals surface area contributed by atoms with E-state index in [9.17, 15) is 0 Å². The van der Waals surface area contributed by atoms with E-state index in [1.165, 1.54) is 38.8 Å². The third-order valence-corrected chi connectivity index (χ3v) is 4.02. The molecule has 0 spiro atoms. The van der Waals surface area contributed by atoms with Crippen LogP contribution >= 0.6 is 0 Å². The summed E-state index contributed by atoms with van der Waals surface area (Å²) in [5.41, 5.74) is 7.30. The van der Waals surface area contributed by atoms with E-state index in [2.05, 4.69) is 25.3 Å². The monoisotopic (exact) mass is 274 g/mol. The summed E-state index contributed by atoms with van der Waals surface area (Å²) in [7, 11) is 0. The molecule has 1 fully saturated rings. The lowest BCUT2D eigenvalue weighted by molar-refractivity contribution is 0.347. The molecular weight excluding hydrogens is 252 g/mol. The van der Waals surface area contributed by atoms with Crippen molar-refractivity contribution in [1.29, 1.82) is 0 Å². The Morgan fingerprint density at radius 3 is 3.10 bits per heavy atom. The SMILES string of the molecule is Nc1nc(CCCCC2CCCNC2)nc2nc[nH]c12. The fourth-order valence-corrected chi connectivity index (χ4v) is 2.90. The highest BCUT2D eigenvalue weighted by molar-refractivity contribution is 5.80. The zero-order valence-electron chi connectivity index (χ0n) is 11.7. The summed E-state index contributed by atoms with van der Waals surface area (Å²) < 4.78 is 0. The first-order valence-electron chi connectivity index (χ1n) is 7.49. The minimum Gasteiger partial charge on any atom is -0.382 e. The van der Waals surface area contributed by atoms with Crippen LogP contribution in [0, 0.1) is 5.92 Å². The van der Waals surface area contributed by atoms with E-state index in [0.717, 1.165) is 30.1 Å². The number of piperidine rings is 1. The van der Waals surface area contributed by atoms with Gasteiger partial charge in [0.05, 0.1) is 6.33 Å². The Morgan fingerprint density at radius 1 is 1.30 bits per heavy atom. The van der Waals surface area contributed by atoms with E-state index < -0.39 is 0 Å². The molecule has 2 aromatic heterocycles. The molecule has 6 nitrogen and oxygen atoms in total. The fourth-order valence-electron chi connectivity index (χ4n) is 2.90. The maximum atomic E-state index is 5.89. The highest BCUT2D eigenvalue weighted by atomic mass is 15.0. The highest BCUT2D eigenvalue weighted by Crippen LogP contribution is 2.18. The molecule has 4 N–H and O–H groups in total. The predicted octanol–water partition coefficient (Wildman–Crippen LogP) is 1.65. The molecule has 1 unspecified atom stereocenters. The molecule has 2 aromatic rings. The normalized spacial score (nSPS) is 19.5. The van der Waals surface area contributed by atoms with Crippen LogP contribution in [-0.4, -0.2) is 33.0 Å². The topological polar surface area (TPSA) is 92.5 Å². The summed E-state index contributed by atoms with van der Waals surface area (Å²) in [6, 6.07) is 0. The number of nitrogens with two attached hydrogens (primary N) is 1. The van der Waals surface area contributed by atoms with E-state index in [1.54, 1.807) is 6.33 Å². The molecule has 0 radical (unpaired) electrons. The first kappa shape index (κ1) is 13.3. The molecule has 0 amide bonds. The summed E-state index contributed by atoms with van der Waals surface area (Å²) in [4.78, 5) is 15.9. The van der Waals surface area contributed by atoms with E-state index in [1.807, 2.05) is 0 Å². The number of nitrogens with one attached hydrogen (secondary N) is 2. The number of fused-ring (bicyclic) bond motifs is 1. The molecule has 1 atom stereocenters. The van der Waals surface area contributed by atoms with Gasteiger partial charge in [-0.25, -0.2) is 15.0 Å². The summed E-state index contributed by atoms with van der Waals surface area (Å²) in [6.07, 6.45) is 8.83. The Bertz CT molecular complexity index is 558. The molecule has 108 valence electrons. The zero-order chi connectivity index (χ0) is 13.8. The molecule has 3 heterocycles. The average Bonchev–Trinajstić information content (AvgIpc) is 2.94. The van der Waals surface area contributed by atoms with Crippen LogP contribution in [0.3, 0.4) is 0 Å². The van der Waals surface area contributed by atoms with Crippen LogP contribution in [0.5, 0.6) is 0 Å². The van der Waals surface area contributed by atoms with Crippen LogP contribution in [0.2, 0.25) is 0 Å². The Morgan fingerprint density at radius 2 is 2.25 bits per heavy atom. The first-order valence-corrected chi connectivity index (χ1v) is 7.49. The lowest BCUT2D eigenvalue weighted by atomic mass is 9.93. The number of hydrogen-bond acceptors (Lipinski definition) is 5. The van der Waals surface area contributed by atoms with Crippen molar-refractivity contribution in [2.45, 2.75) is 38.5 Å². The second-order valence-electron chi connectivity index (χ2n) is 5.58. The average molecular weight is 274 g/mol. The molecule has 0 aromatic carbocycles. The standard InChI is InChI=1S/C14H22N6/c15-13-12-14(18-9-17-12)20-11(19-13)6-2-1-4-10-5-3-7-16-8-10/h9-10,16H,1-8H2,(H3,15,17,18,19,20). The smallest absolute Gasteiger partial charge is 0.183 e. The van der Waals surface area contributed by atoms with E-state index in [4.69, 9.17) is 5.73 Å². The van der Waals surface area contributed by atoms with Crippen molar-refractivity contribution in [3.05, 3.63) is 12.2 Å². The molecule has 0 saturated carbocycles. The Labute approximate surface area is 118 Å².